The Hall–Kier alpha value is -2.99. The van der Waals surface area contributed by atoms with Crippen molar-refractivity contribution in [3.05, 3.63) is 70.1 Å². The minimum Gasteiger partial charge on any atom is -0.465 e. The summed E-state index contributed by atoms with van der Waals surface area (Å²) in [6.45, 7) is 4.09. The van der Waals surface area contributed by atoms with Crippen molar-refractivity contribution in [2.45, 2.75) is 13.8 Å². The summed E-state index contributed by atoms with van der Waals surface area (Å²) >= 11 is 1.36. The molecular weight excluding hydrogens is 348 g/mol. The topological polar surface area (TPSA) is 68.3 Å². The lowest BCUT2D eigenvalue weighted by atomic mass is 10.0. The summed E-state index contributed by atoms with van der Waals surface area (Å²) in [5.41, 5.74) is 4.90. The van der Waals surface area contributed by atoms with E-state index in [1.165, 1.54) is 30.1 Å². The molecule has 1 amide bonds. The van der Waals surface area contributed by atoms with E-state index in [9.17, 15) is 9.59 Å². The van der Waals surface area contributed by atoms with Crippen molar-refractivity contribution in [2.24, 2.45) is 0 Å². The number of carbonyl (C=O) groups excluding carboxylic acids is 2. The molecule has 0 bridgehead atoms. The number of hydrogen-bond acceptors (Lipinski definition) is 5. The lowest BCUT2D eigenvalue weighted by Gasteiger charge is -2.05. The molecule has 5 nitrogen and oxygen atoms in total. The molecule has 0 saturated carbocycles. The summed E-state index contributed by atoms with van der Waals surface area (Å²) in [6, 6.07) is 12.6. The molecule has 3 rings (SSSR count). The maximum Gasteiger partial charge on any atom is 0.337 e. The first-order chi connectivity index (χ1) is 12.5. The smallest absolute Gasteiger partial charge is 0.337 e. The summed E-state index contributed by atoms with van der Waals surface area (Å²) < 4.78 is 4.68. The van der Waals surface area contributed by atoms with Crippen LogP contribution >= 0.6 is 11.3 Å². The number of carbonyl (C=O) groups is 2. The number of esters is 1. The summed E-state index contributed by atoms with van der Waals surface area (Å²) in [5.74, 6) is -0.802. The predicted octanol–water partition coefficient (Wildman–Crippen LogP) is 4.47. The Kier molecular flexibility index (Phi) is 5.14. The maximum absolute atomic E-state index is 12.4. The Morgan fingerprint density at radius 3 is 2.58 bits per heavy atom. The predicted molar refractivity (Wildman–Crippen MR) is 103 cm³/mol. The monoisotopic (exact) mass is 366 g/mol. The molecule has 0 aliphatic carbocycles. The molecule has 0 spiro atoms. The maximum atomic E-state index is 12.4. The van der Waals surface area contributed by atoms with Gasteiger partial charge in [0.15, 0.2) is 5.13 Å². The van der Waals surface area contributed by atoms with Gasteiger partial charge in [0.25, 0.3) is 5.91 Å². The Labute approximate surface area is 155 Å². The second-order valence-electron chi connectivity index (χ2n) is 5.88. The van der Waals surface area contributed by atoms with Gasteiger partial charge in [-0.2, -0.15) is 0 Å². The number of aromatic nitrogens is 1. The van der Waals surface area contributed by atoms with Crippen molar-refractivity contribution in [3.8, 4) is 11.3 Å². The number of ether oxygens (including phenoxy) is 1. The molecule has 0 atom stereocenters. The zero-order valence-electron chi connectivity index (χ0n) is 14.7. The number of thiazole rings is 1. The fourth-order valence-corrected chi connectivity index (χ4v) is 3.34. The van der Waals surface area contributed by atoms with Crippen LogP contribution in [0.25, 0.3) is 11.3 Å². The van der Waals surface area contributed by atoms with Gasteiger partial charge in [-0.3, -0.25) is 10.1 Å². The minimum atomic E-state index is -0.481. The van der Waals surface area contributed by atoms with Crippen LogP contribution in [0.2, 0.25) is 0 Å². The zero-order valence-corrected chi connectivity index (χ0v) is 15.5. The summed E-state index contributed by atoms with van der Waals surface area (Å²) in [7, 11) is 1.30. The molecule has 0 saturated heterocycles. The number of nitrogens with one attached hydrogen (secondary N) is 1. The number of rotatable bonds is 4. The van der Waals surface area contributed by atoms with Crippen LogP contribution in [0.4, 0.5) is 5.13 Å². The van der Waals surface area contributed by atoms with Crippen molar-refractivity contribution >= 4 is 28.3 Å². The second-order valence-corrected chi connectivity index (χ2v) is 6.74. The lowest BCUT2D eigenvalue weighted by Crippen LogP contribution is -2.13. The Bertz CT molecular complexity index is 979. The second kappa shape index (κ2) is 7.49. The van der Waals surface area contributed by atoms with Gasteiger partial charge < -0.3 is 4.74 Å². The first kappa shape index (κ1) is 17.8. The standard InChI is InChI=1S/C20H18N2O3S/c1-12-7-8-16(13(2)9-12)17-11-26-20(21-17)22-18(23)14-5-4-6-15(10-14)19(24)25-3/h4-11H,1-3H3,(H,21,22,23). The first-order valence-electron chi connectivity index (χ1n) is 8.01. The highest BCUT2D eigenvalue weighted by Gasteiger charge is 2.13. The van der Waals surface area contributed by atoms with Crippen LogP contribution in [0.15, 0.2) is 47.8 Å². The SMILES string of the molecule is COC(=O)c1cccc(C(=O)Nc2nc(-c3ccc(C)cc3C)cs2)c1. The molecule has 1 N–H and O–H groups in total. The fraction of sp³-hybridized carbons (Fsp3) is 0.150. The van der Waals surface area contributed by atoms with Gasteiger partial charge in [0, 0.05) is 16.5 Å². The van der Waals surface area contributed by atoms with Gasteiger partial charge >= 0.3 is 5.97 Å². The number of amides is 1. The molecule has 3 aromatic rings. The number of hydrogen-bond donors (Lipinski definition) is 1. The van der Waals surface area contributed by atoms with Gasteiger partial charge in [-0.05, 0) is 37.6 Å². The van der Waals surface area contributed by atoms with E-state index in [-0.39, 0.29) is 5.91 Å². The van der Waals surface area contributed by atoms with Crippen LogP contribution in [0.3, 0.4) is 0 Å². The van der Waals surface area contributed by atoms with E-state index in [0.717, 1.165) is 16.8 Å². The van der Waals surface area contributed by atoms with E-state index in [1.807, 2.05) is 31.4 Å². The van der Waals surface area contributed by atoms with Crippen molar-refractivity contribution in [3.63, 3.8) is 0 Å². The highest BCUT2D eigenvalue weighted by Crippen LogP contribution is 2.28. The van der Waals surface area contributed by atoms with Crippen LogP contribution in [0.1, 0.15) is 31.8 Å². The van der Waals surface area contributed by atoms with E-state index in [0.29, 0.717) is 16.3 Å². The van der Waals surface area contributed by atoms with E-state index >= 15 is 0 Å². The number of methoxy groups -OCH3 is 1. The summed E-state index contributed by atoms with van der Waals surface area (Å²) in [6.07, 6.45) is 0. The molecule has 1 aromatic heterocycles. The Morgan fingerprint density at radius 1 is 1.08 bits per heavy atom. The Morgan fingerprint density at radius 2 is 1.85 bits per heavy atom. The lowest BCUT2D eigenvalue weighted by molar-refractivity contribution is 0.0600. The van der Waals surface area contributed by atoms with E-state index in [2.05, 4.69) is 21.1 Å². The Balaban J connectivity index is 1.79. The molecule has 0 unspecified atom stereocenters. The van der Waals surface area contributed by atoms with Gasteiger partial charge in [-0.25, -0.2) is 9.78 Å². The van der Waals surface area contributed by atoms with Gasteiger partial charge in [-0.1, -0.05) is 29.8 Å². The van der Waals surface area contributed by atoms with Crippen LogP contribution < -0.4 is 5.32 Å². The van der Waals surface area contributed by atoms with E-state index < -0.39 is 5.97 Å². The zero-order chi connectivity index (χ0) is 18.7. The quantitative estimate of drug-likeness (QED) is 0.692. The van der Waals surface area contributed by atoms with Crippen LogP contribution in [-0.4, -0.2) is 24.0 Å². The largest absolute Gasteiger partial charge is 0.465 e. The van der Waals surface area contributed by atoms with Crippen LogP contribution in [-0.2, 0) is 4.74 Å². The third-order valence-electron chi connectivity index (χ3n) is 3.93. The molecule has 6 heteroatoms. The molecule has 0 aliphatic rings. The van der Waals surface area contributed by atoms with Crippen molar-refractivity contribution in [1.29, 1.82) is 0 Å². The van der Waals surface area contributed by atoms with Crippen molar-refractivity contribution in [1.82, 2.24) is 4.98 Å². The van der Waals surface area contributed by atoms with Gasteiger partial charge in [0.05, 0.1) is 18.4 Å². The molecule has 26 heavy (non-hydrogen) atoms. The molecule has 1 heterocycles. The summed E-state index contributed by atoms with van der Waals surface area (Å²) in [5, 5.41) is 5.20. The average Bonchev–Trinajstić information content (AvgIpc) is 3.09. The van der Waals surface area contributed by atoms with Crippen molar-refractivity contribution in [2.75, 3.05) is 12.4 Å². The highest BCUT2D eigenvalue weighted by atomic mass is 32.1. The first-order valence-corrected chi connectivity index (χ1v) is 8.89. The van der Waals surface area contributed by atoms with Gasteiger partial charge in [0.1, 0.15) is 0 Å². The van der Waals surface area contributed by atoms with E-state index in [4.69, 9.17) is 0 Å². The van der Waals surface area contributed by atoms with Gasteiger partial charge in [0.2, 0.25) is 0 Å². The summed E-state index contributed by atoms with van der Waals surface area (Å²) in [4.78, 5) is 28.5. The van der Waals surface area contributed by atoms with Crippen LogP contribution in [0, 0.1) is 13.8 Å². The fourth-order valence-electron chi connectivity index (χ4n) is 2.63. The van der Waals surface area contributed by atoms with Crippen molar-refractivity contribution < 1.29 is 14.3 Å². The molecule has 0 fully saturated rings. The van der Waals surface area contributed by atoms with Gasteiger partial charge in [-0.15, -0.1) is 11.3 Å². The molecule has 132 valence electrons. The normalized spacial score (nSPS) is 10.4. The van der Waals surface area contributed by atoms with Crippen LogP contribution in [0.5, 0.6) is 0 Å². The third-order valence-corrected chi connectivity index (χ3v) is 4.69. The number of aryl methyl sites for hydroxylation is 2. The van der Waals surface area contributed by atoms with E-state index in [1.54, 1.807) is 18.2 Å². The number of benzene rings is 2. The molecule has 2 aromatic carbocycles. The highest BCUT2D eigenvalue weighted by molar-refractivity contribution is 7.14. The minimum absolute atomic E-state index is 0.322. The number of anilines is 1. The number of nitrogens with zero attached hydrogens (tertiary/aromatic N) is 1. The molecule has 0 aliphatic heterocycles. The average molecular weight is 366 g/mol. The molecular formula is C20H18N2O3S. The third kappa shape index (κ3) is 3.81. The molecule has 0 radical (unpaired) electrons.